The van der Waals surface area contributed by atoms with E-state index in [1.165, 1.54) is 16.8 Å². The highest BCUT2D eigenvalue weighted by atomic mass is 19.1. The molecule has 0 unspecified atom stereocenters. The minimum Gasteiger partial charge on any atom is -0.300 e. The zero-order chi connectivity index (χ0) is 10.6. The quantitative estimate of drug-likeness (QED) is 0.705. The molecule has 0 aliphatic heterocycles. The highest BCUT2D eigenvalue weighted by Crippen LogP contribution is 1.84. The molecule has 0 amide bonds. The van der Waals surface area contributed by atoms with Crippen LogP contribution in [0.25, 0.3) is 0 Å². The van der Waals surface area contributed by atoms with Gasteiger partial charge in [0, 0.05) is 18.8 Å². The molecule has 1 heterocycles. The molecule has 0 aliphatic carbocycles. The third-order valence-corrected chi connectivity index (χ3v) is 1.91. The molecule has 0 saturated carbocycles. The first kappa shape index (κ1) is 10.7. The van der Waals surface area contributed by atoms with Gasteiger partial charge in [0.1, 0.15) is 6.67 Å². The summed E-state index contributed by atoms with van der Waals surface area (Å²) in [6, 6.07) is 1.28. The molecule has 1 aromatic rings. The zero-order valence-corrected chi connectivity index (χ0v) is 8.07. The summed E-state index contributed by atoms with van der Waals surface area (Å²) in [5, 5.41) is 0. The second-order valence-electron chi connectivity index (χ2n) is 2.97. The van der Waals surface area contributed by atoms with E-state index >= 15 is 0 Å². The van der Waals surface area contributed by atoms with E-state index in [4.69, 9.17) is 0 Å². The summed E-state index contributed by atoms with van der Waals surface area (Å²) in [4.78, 5) is 22.7. The molecule has 0 N–H and O–H groups in total. The average molecular weight is 200 g/mol. The lowest BCUT2D eigenvalue weighted by molar-refractivity contribution is 0.422. The molecule has 78 valence electrons. The molecule has 0 aromatic carbocycles. The van der Waals surface area contributed by atoms with Crippen LogP contribution in [0.1, 0.15) is 13.3 Å². The molecular weight excluding hydrogens is 187 g/mol. The normalized spacial score (nSPS) is 10.4. The molecule has 5 heteroatoms. The van der Waals surface area contributed by atoms with Gasteiger partial charge < -0.3 is 4.57 Å². The number of nitrogens with zero attached hydrogens (tertiary/aromatic N) is 2. The molecule has 1 aromatic heterocycles. The van der Waals surface area contributed by atoms with Gasteiger partial charge in [-0.3, -0.25) is 9.36 Å². The van der Waals surface area contributed by atoms with Crippen molar-refractivity contribution in [3.05, 3.63) is 33.1 Å². The Morgan fingerprint density at radius 3 is 2.64 bits per heavy atom. The number of aromatic nitrogens is 2. The second-order valence-corrected chi connectivity index (χ2v) is 2.97. The molecule has 4 nitrogen and oxygen atoms in total. The lowest BCUT2D eigenvalue weighted by Crippen LogP contribution is -2.39. The van der Waals surface area contributed by atoms with Crippen molar-refractivity contribution in [1.29, 1.82) is 0 Å². The van der Waals surface area contributed by atoms with E-state index in [2.05, 4.69) is 0 Å². The maximum absolute atomic E-state index is 12.0. The van der Waals surface area contributed by atoms with Gasteiger partial charge in [-0.15, -0.1) is 0 Å². The van der Waals surface area contributed by atoms with Crippen molar-refractivity contribution in [2.75, 3.05) is 6.67 Å². The second kappa shape index (κ2) is 4.74. The molecule has 0 spiro atoms. The number of halogens is 1. The smallest absolute Gasteiger partial charge is 0.300 e. The maximum Gasteiger partial charge on any atom is 0.331 e. The van der Waals surface area contributed by atoms with Crippen LogP contribution in [0, 0.1) is 0 Å². The molecule has 0 radical (unpaired) electrons. The van der Waals surface area contributed by atoms with Crippen molar-refractivity contribution < 1.29 is 4.39 Å². The Bertz CT molecular complexity index is 408. The molecule has 14 heavy (non-hydrogen) atoms. The fraction of sp³-hybridized carbons (Fsp3) is 0.556. The van der Waals surface area contributed by atoms with Gasteiger partial charge >= 0.3 is 5.69 Å². The Kier molecular flexibility index (Phi) is 3.62. The number of alkyl halides is 1. The highest BCUT2D eigenvalue weighted by Gasteiger charge is 2.03. The first-order valence-corrected chi connectivity index (χ1v) is 4.57. The van der Waals surface area contributed by atoms with E-state index in [1.54, 1.807) is 0 Å². The van der Waals surface area contributed by atoms with Gasteiger partial charge in [-0.2, -0.15) is 0 Å². The number of hydrogen-bond acceptors (Lipinski definition) is 2. The standard InChI is InChI=1S/C9H13FN2O2/c1-2-5-11-6-3-8(13)12(7-4-10)9(11)14/h3,6H,2,4-5,7H2,1H3. The van der Waals surface area contributed by atoms with E-state index < -0.39 is 17.9 Å². The predicted octanol–water partition coefficient (Wildman–Crippen LogP) is 0.389. The number of aryl methyl sites for hydroxylation is 1. The van der Waals surface area contributed by atoms with Crippen molar-refractivity contribution in [2.24, 2.45) is 0 Å². The summed E-state index contributed by atoms with van der Waals surface area (Å²) in [6.07, 6.45) is 2.25. The van der Waals surface area contributed by atoms with Crippen LogP contribution in [-0.4, -0.2) is 15.8 Å². The van der Waals surface area contributed by atoms with Gasteiger partial charge in [0.15, 0.2) is 0 Å². The molecule has 0 fully saturated rings. The lowest BCUT2D eigenvalue weighted by Gasteiger charge is -2.06. The Labute approximate surface area is 80.6 Å². The van der Waals surface area contributed by atoms with Crippen LogP contribution in [0.2, 0.25) is 0 Å². The monoisotopic (exact) mass is 200 g/mol. The Morgan fingerprint density at radius 1 is 1.36 bits per heavy atom. The van der Waals surface area contributed by atoms with Gasteiger partial charge in [0.25, 0.3) is 5.56 Å². The van der Waals surface area contributed by atoms with Crippen LogP contribution in [0.5, 0.6) is 0 Å². The summed E-state index contributed by atoms with van der Waals surface area (Å²) in [6.45, 7) is 1.61. The van der Waals surface area contributed by atoms with Crippen LogP contribution in [0.4, 0.5) is 4.39 Å². The fourth-order valence-electron chi connectivity index (χ4n) is 1.26. The van der Waals surface area contributed by atoms with Crippen molar-refractivity contribution in [1.82, 2.24) is 9.13 Å². The molecule has 0 bridgehead atoms. The topological polar surface area (TPSA) is 44.0 Å². The minimum absolute atomic E-state index is 0.164. The van der Waals surface area contributed by atoms with E-state index in [9.17, 15) is 14.0 Å². The number of rotatable bonds is 4. The Morgan fingerprint density at radius 2 is 2.07 bits per heavy atom. The fourth-order valence-corrected chi connectivity index (χ4v) is 1.26. The average Bonchev–Trinajstić information content (AvgIpc) is 2.17. The van der Waals surface area contributed by atoms with Crippen LogP contribution < -0.4 is 11.2 Å². The minimum atomic E-state index is -0.703. The van der Waals surface area contributed by atoms with Crippen LogP contribution in [-0.2, 0) is 13.1 Å². The summed E-state index contributed by atoms with van der Waals surface area (Å²) in [7, 11) is 0. The van der Waals surface area contributed by atoms with Gasteiger partial charge in [-0.25, -0.2) is 9.18 Å². The zero-order valence-electron chi connectivity index (χ0n) is 8.07. The summed E-state index contributed by atoms with van der Waals surface area (Å²) < 4.78 is 14.4. The maximum atomic E-state index is 12.0. The lowest BCUT2D eigenvalue weighted by atomic mass is 10.4. The molecule has 0 atom stereocenters. The van der Waals surface area contributed by atoms with Crippen LogP contribution in [0.15, 0.2) is 21.9 Å². The molecule has 0 saturated heterocycles. The summed E-state index contributed by atoms with van der Waals surface area (Å²) >= 11 is 0. The van der Waals surface area contributed by atoms with Gasteiger partial charge in [0.05, 0.1) is 6.54 Å². The first-order chi connectivity index (χ1) is 6.70. The largest absolute Gasteiger partial charge is 0.331 e. The molecular formula is C9H13FN2O2. The third-order valence-electron chi connectivity index (χ3n) is 1.91. The van der Waals surface area contributed by atoms with E-state index in [1.807, 2.05) is 6.92 Å². The van der Waals surface area contributed by atoms with Crippen molar-refractivity contribution in [3.8, 4) is 0 Å². The van der Waals surface area contributed by atoms with Crippen molar-refractivity contribution in [2.45, 2.75) is 26.4 Å². The van der Waals surface area contributed by atoms with Crippen LogP contribution in [0.3, 0.4) is 0 Å². The highest BCUT2D eigenvalue weighted by molar-refractivity contribution is 4.86. The van der Waals surface area contributed by atoms with Gasteiger partial charge in [-0.1, -0.05) is 6.92 Å². The van der Waals surface area contributed by atoms with E-state index in [-0.39, 0.29) is 6.54 Å². The van der Waals surface area contributed by atoms with Gasteiger partial charge in [-0.05, 0) is 6.42 Å². The SMILES string of the molecule is CCCn1ccc(=O)n(CCF)c1=O. The molecule has 0 aliphatic rings. The molecule has 1 rings (SSSR count). The third kappa shape index (κ3) is 2.10. The van der Waals surface area contributed by atoms with Gasteiger partial charge in [0.2, 0.25) is 0 Å². The first-order valence-electron chi connectivity index (χ1n) is 4.57. The van der Waals surface area contributed by atoms with Crippen molar-refractivity contribution in [3.63, 3.8) is 0 Å². The summed E-state index contributed by atoms with van der Waals surface area (Å²) in [5.74, 6) is 0. The number of hydrogen-bond donors (Lipinski definition) is 0. The summed E-state index contributed by atoms with van der Waals surface area (Å²) in [5.41, 5.74) is -0.878. The Balaban J connectivity index is 3.19. The van der Waals surface area contributed by atoms with Crippen molar-refractivity contribution >= 4 is 0 Å². The van der Waals surface area contributed by atoms with E-state index in [0.29, 0.717) is 6.54 Å². The van der Waals surface area contributed by atoms with E-state index in [0.717, 1.165) is 11.0 Å². The predicted molar refractivity (Wildman–Crippen MR) is 51.2 cm³/mol. The Hall–Kier alpha value is -1.39. The van der Waals surface area contributed by atoms with Crippen LogP contribution >= 0.6 is 0 Å².